The zero-order chi connectivity index (χ0) is 17.5. The number of aryl methyl sites for hydroxylation is 1. The van der Waals surface area contributed by atoms with Crippen LogP contribution in [0.3, 0.4) is 0 Å². The number of anilines is 3. The van der Waals surface area contributed by atoms with Crippen LogP contribution in [0, 0.1) is 6.92 Å². The van der Waals surface area contributed by atoms with E-state index in [0.717, 1.165) is 35.8 Å². The average molecular weight is 334 g/mol. The Hall–Kier alpha value is -3.08. The van der Waals surface area contributed by atoms with E-state index in [9.17, 15) is 0 Å². The van der Waals surface area contributed by atoms with E-state index in [0.29, 0.717) is 5.95 Å². The van der Waals surface area contributed by atoms with E-state index in [2.05, 4.69) is 39.7 Å². The fourth-order valence-electron chi connectivity index (χ4n) is 2.59. The van der Waals surface area contributed by atoms with Gasteiger partial charge in [-0.2, -0.15) is 4.98 Å². The molecule has 5 nitrogen and oxygen atoms in total. The summed E-state index contributed by atoms with van der Waals surface area (Å²) in [4.78, 5) is 8.81. The summed E-state index contributed by atoms with van der Waals surface area (Å²) < 4.78 is 5.38. The molecule has 0 fully saturated rings. The van der Waals surface area contributed by atoms with Gasteiger partial charge in [0.15, 0.2) is 0 Å². The Bertz CT molecular complexity index is 835. The van der Waals surface area contributed by atoms with Gasteiger partial charge in [-0.3, -0.25) is 0 Å². The summed E-state index contributed by atoms with van der Waals surface area (Å²) >= 11 is 0. The molecule has 128 valence electrons. The normalized spacial score (nSPS) is 10.3. The van der Waals surface area contributed by atoms with E-state index in [1.165, 1.54) is 5.56 Å². The minimum Gasteiger partial charge on any atom is -0.496 e. The van der Waals surface area contributed by atoms with Crippen LogP contribution in [0.1, 0.15) is 11.1 Å². The molecule has 0 spiro atoms. The minimum absolute atomic E-state index is 0.580. The molecule has 0 atom stereocenters. The van der Waals surface area contributed by atoms with Crippen LogP contribution in [-0.4, -0.2) is 23.6 Å². The SMILES string of the molecule is COc1ccccc1CCNc1ccnc(Nc2ccccc2C)n1. The Morgan fingerprint density at radius 1 is 1.00 bits per heavy atom. The van der Waals surface area contributed by atoms with Gasteiger partial charge in [0.2, 0.25) is 5.95 Å². The molecule has 0 bridgehead atoms. The third-order valence-electron chi connectivity index (χ3n) is 3.94. The van der Waals surface area contributed by atoms with E-state index in [4.69, 9.17) is 4.74 Å². The van der Waals surface area contributed by atoms with Gasteiger partial charge in [-0.25, -0.2) is 4.98 Å². The van der Waals surface area contributed by atoms with Gasteiger partial charge in [-0.05, 0) is 42.7 Å². The highest BCUT2D eigenvalue weighted by molar-refractivity contribution is 5.58. The molecule has 25 heavy (non-hydrogen) atoms. The first kappa shape index (κ1) is 16.8. The molecule has 5 heteroatoms. The van der Waals surface area contributed by atoms with E-state index in [-0.39, 0.29) is 0 Å². The summed E-state index contributed by atoms with van der Waals surface area (Å²) in [5.41, 5.74) is 3.33. The largest absolute Gasteiger partial charge is 0.496 e. The number of ether oxygens (including phenoxy) is 1. The number of nitrogens with one attached hydrogen (secondary N) is 2. The van der Waals surface area contributed by atoms with Crippen molar-refractivity contribution in [2.24, 2.45) is 0 Å². The first-order chi connectivity index (χ1) is 12.3. The number of para-hydroxylation sites is 2. The summed E-state index contributed by atoms with van der Waals surface area (Å²) in [5, 5.41) is 6.60. The Morgan fingerprint density at radius 3 is 2.64 bits per heavy atom. The molecule has 0 aliphatic heterocycles. The summed E-state index contributed by atoms with van der Waals surface area (Å²) in [6.45, 7) is 2.82. The summed E-state index contributed by atoms with van der Waals surface area (Å²) in [6, 6.07) is 18.0. The van der Waals surface area contributed by atoms with Crippen LogP contribution in [0.25, 0.3) is 0 Å². The zero-order valence-electron chi connectivity index (χ0n) is 14.5. The van der Waals surface area contributed by atoms with Gasteiger partial charge < -0.3 is 15.4 Å². The predicted molar refractivity (Wildman–Crippen MR) is 102 cm³/mol. The molecule has 1 aromatic heterocycles. The molecule has 0 aliphatic carbocycles. The zero-order valence-corrected chi connectivity index (χ0v) is 14.5. The van der Waals surface area contributed by atoms with E-state index < -0.39 is 0 Å². The first-order valence-electron chi connectivity index (χ1n) is 8.28. The lowest BCUT2D eigenvalue weighted by molar-refractivity contribution is 0.410. The van der Waals surface area contributed by atoms with Crippen LogP contribution >= 0.6 is 0 Å². The Morgan fingerprint density at radius 2 is 1.80 bits per heavy atom. The number of rotatable bonds is 7. The van der Waals surface area contributed by atoms with Crippen LogP contribution in [0.5, 0.6) is 5.75 Å². The van der Waals surface area contributed by atoms with Gasteiger partial charge in [0.1, 0.15) is 11.6 Å². The molecule has 0 amide bonds. The average Bonchev–Trinajstić information content (AvgIpc) is 2.64. The van der Waals surface area contributed by atoms with Crippen molar-refractivity contribution in [3.8, 4) is 5.75 Å². The van der Waals surface area contributed by atoms with Crippen LogP contribution in [0.15, 0.2) is 60.8 Å². The van der Waals surface area contributed by atoms with Gasteiger partial charge in [0.25, 0.3) is 0 Å². The van der Waals surface area contributed by atoms with Crippen molar-refractivity contribution in [1.82, 2.24) is 9.97 Å². The fourth-order valence-corrected chi connectivity index (χ4v) is 2.59. The lowest BCUT2D eigenvalue weighted by Gasteiger charge is -2.11. The van der Waals surface area contributed by atoms with Crippen molar-refractivity contribution in [3.63, 3.8) is 0 Å². The highest BCUT2D eigenvalue weighted by atomic mass is 16.5. The number of hydrogen-bond donors (Lipinski definition) is 2. The standard InChI is InChI=1S/C20H22N4O/c1-15-7-3-5-9-17(15)23-20-22-14-12-19(24-20)21-13-11-16-8-4-6-10-18(16)25-2/h3-10,12,14H,11,13H2,1-2H3,(H2,21,22,23,24). The molecule has 0 saturated carbocycles. The molecule has 0 unspecified atom stereocenters. The molecular formula is C20H22N4O. The Kier molecular flexibility index (Phi) is 5.46. The van der Waals surface area contributed by atoms with Crippen molar-refractivity contribution in [2.75, 3.05) is 24.3 Å². The van der Waals surface area contributed by atoms with Crippen molar-refractivity contribution in [1.29, 1.82) is 0 Å². The van der Waals surface area contributed by atoms with Crippen molar-refractivity contribution >= 4 is 17.5 Å². The maximum absolute atomic E-state index is 5.38. The second-order valence-electron chi connectivity index (χ2n) is 5.69. The highest BCUT2D eigenvalue weighted by Gasteiger charge is 2.04. The lowest BCUT2D eigenvalue weighted by Crippen LogP contribution is -2.08. The monoisotopic (exact) mass is 334 g/mol. The lowest BCUT2D eigenvalue weighted by atomic mass is 10.1. The second kappa shape index (κ2) is 8.15. The molecule has 2 N–H and O–H groups in total. The molecule has 0 saturated heterocycles. The highest BCUT2D eigenvalue weighted by Crippen LogP contribution is 2.19. The van der Waals surface area contributed by atoms with E-state index >= 15 is 0 Å². The second-order valence-corrected chi connectivity index (χ2v) is 5.69. The molecule has 0 radical (unpaired) electrons. The number of nitrogens with zero attached hydrogens (tertiary/aromatic N) is 2. The molecule has 1 heterocycles. The summed E-state index contributed by atoms with van der Waals surface area (Å²) in [6.07, 6.45) is 2.60. The third-order valence-corrected chi connectivity index (χ3v) is 3.94. The van der Waals surface area contributed by atoms with Crippen LogP contribution in [-0.2, 0) is 6.42 Å². The van der Waals surface area contributed by atoms with Gasteiger partial charge in [-0.1, -0.05) is 36.4 Å². The van der Waals surface area contributed by atoms with Gasteiger partial charge >= 0.3 is 0 Å². The predicted octanol–water partition coefficient (Wildman–Crippen LogP) is 4.19. The molecule has 0 aliphatic rings. The van der Waals surface area contributed by atoms with Crippen molar-refractivity contribution in [3.05, 3.63) is 71.9 Å². The van der Waals surface area contributed by atoms with E-state index in [1.54, 1.807) is 13.3 Å². The van der Waals surface area contributed by atoms with Gasteiger partial charge in [-0.15, -0.1) is 0 Å². The molecule has 3 aromatic rings. The third kappa shape index (κ3) is 4.47. The number of hydrogen-bond acceptors (Lipinski definition) is 5. The van der Waals surface area contributed by atoms with E-state index in [1.807, 2.05) is 42.5 Å². The van der Waals surface area contributed by atoms with Gasteiger partial charge in [0.05, 0.1) is 7.11 Å². The summed E-state index contributed by atoms with van der Waals surface area (Å²) in [7, 11) is 1.69. The Labute approximate surface area is 148 Å². The molecule has 3 rings (SSSR count). The molecular weight excluding hydrogens is 312 g/mol. The summed E-state index contributed by atoms with van der Waals surface area (Å²) in [5.74, 6) is 2.28. The maximum atomic E-state index is 5.38. The first-order valence-corrected chi connectivity index (χ1v) is 8.28. The van der Waals surface area contributed by atoms with Crippen LogP contribution < -0.4 is 15.4 Å². The topological polar surface area (TPSA) is 59.1 Å². The molecule has 2 aromatic carbocycles. The van der Waals surface area contributed by atoms with Crippen LogP contribution in [0.4, 0.5) is 17.5 Å². The maximum Gasteiger partial charge on any atom is 0.229 e. The number of aromatic nitrogens is 2. The number of benzene rings is 2. The van der Waals surface area contributed by atoms with Crippen molar-refractivity contribution < 1.29 is 4.74 Å². The minimum atomic E-state index is 0.580. The van der Waals surface area contributed by atoms with Crippen molar-refractivity contribution in [2.45, 2.75) is 13.3 Å². The quantitative estimate of drug-likeness (QED) is 0.678. The number of methoxy groups -OCH3 is 1. The van der Waals surface area contributed by atoms with Crippen LogP contribution in [0.2, 0.25) is 0 Å². The Balaban J connectivity index is 1.61. The van der Waals surface area contributed by atoms with Gasteiger partial charge in [0, 0.05) is 18.4 Å². The fraction of sp³-hybridized carbons (Fsp3) is 0.200. The smallest absolute Gasteiger partial charge is 0.229 e.